The third-order valence-electron chi connectivity index (χ3n) is 4.96. The molecule has 0 radical (unpaired) electrons. The van der Waals surface area contributed by atoms with E-state index in [0.717, 1.165) is 6.42 Å². The third-order valence-corrected chi connectivity index (χ3v) is 4.96. The maximum absolute atomic E-state index is 13.3. The molecule has 1 fully saturated rings. The normalized spacial score (nSPS) is 27.5. The number of hydrogen-bond donors (Lipinski definition) is 2. The van der Waals surface area contributed by atoms with Gasteiger partial charge in [0.15, 0.2) is 0 Å². The molecular weight excluding hydrogens is 326 g/mol. The molecule has 132 valence electrons. The van der Waals surface area contributed by atoms with Gasteiger partial charge in [0.25, 0.3) is 12.3 Å². The lowest BCUT2D eigenvalue weighted by molar-refractivity contribution is 0.0666. The van der Waals surface area contributed by atoms with E-state index < -0.39 is 12.5 Å². The molecule has 4 atom stereocenters. The number of carbonyl (C=O) groups excluding carboxylic acids is 1. The van der Waals surface area contributed by atoms with E-state index in [1.165, 1.54) is 16.4 Å². The molecule has 2 N–H and O–H groups in total. The first kappa shape index (κ1) is 16.1. The lowest BCUT2D eigenvalue weighted by atomic mass is 10.1. The molecule has 2 aliphatic rings. The summed E-state index contributed by atoms with van der Waals surface area (Å²) in [4.78, 5) is 12.6. The maximum atomic E-state index is 13.3. The van der Waals surface area contributed by atoms with Crippen molar-refractivity contribution in [1.82, 2.24) is 15.1 Å². The molecule has 7 heteroatoms. The van der Waals surface area contributed by atoms with Gasteiger partial charge in [-0.15, -0.1) is 0 Å². The van der Waals surface area contributed by atoms with Crippen molar-refractivity contribution in [2.24, 2.45) is 0 Å². The van der Waals surface area contributed by atoms with Gasteiger partial charge in [-0.1, -0.05) is 30.3 Å². The molecular formula is C18H20F2N4O. The molecule has 1 aromatic heterocycles. The molecule has 0 spiro atoms. The number of carbonyl (C=O) groups is 1. The predicted molar refractivity (Wildman–Crippen MR) is 90.0 cm³/mol. The average molecular weight is 346 g/mol. The Labute approximate surface area is 144 Å². The molecule has 5 nitrogen and oxygen atoms in total. The fourth-order valence-electron chi connectivity index (χ4n) is 3.56. The smallest absolute Gasteiger partial charge is 0.260 e. The Bertz CT molecular complexity index is 777. The number of rotatable bonds is 4. The molecule has 2 heterocycles. The predicted octanol–water partition coefficient (Wildman–Crippen LogP) is 3.18. The Morgan fingerprint density at radius 2 is 2.08 bits per heavy atom. The highest BCUT2D eigenvalue weighted by molar-refractivity contribution is 5.99. The standard InChI is InChI=1S/C18H20F2N4O/c1-10-7-15(16(19)20)24-17(22-10)13(9-21-24)18(25)23-14-8-12(14)11-5-3-2-4-6-11/h2-6,9-10,12,14-16,22H,7-8H2,1H3,(H,23,25)/t10-,12+,14-,15-/m1/s1. The van der Waals surface area contributed by atoms with Crippen molar-refractivity contribution in [2.75, 3.05) is 5.32 Å². The van der Waals surface area contributed by atoms with Gasteiger partial charge in [0.1, 0.15) is 17.4 Å². The van der Waals surface area contributed by atoms with Gasteiger partial charge in [-0.2, -0.15) is 5.10 Å². The van der Waals surface area contributed by atoms with Crippen molar-refractivity contribution in [1.29, 1.82) is 0 Å². The Kier molecular flexibility index (Phi) is 3.94. The van der Waals surface area contributed by atoms with E-state index in [1.807, 2.05) is 25.1 Å². The Balaban J connectivity index is 1.49. The van der Waals surface area contributed by atoms with Crippen LogP contribution in [-0.4, -0.2) is 34.2 Å². The Hall–Kier alpha value is -2.44. The average Bonchev–Trinajstić information content (AvgIpc) is 3.23. The van der Waals surface area contributed by atoms with Gasteiger partial charge in [0, 0.05) is 18.0 Å². The van der Waals surface area contributed by atoms with Crippen LogP contribution in [0, 0.1) is 0 Å². The number of fused-ring (bicyclic) bond motifs is 1. The molecule has 1 aliphatic carbocycles. The maximum Gasteiger partial charge on any atom is 0.260 e. The monoisotopic (exact) mass is 346 g/mol. The van der Waals surface area contributed by atoms with E-state index in [9.17, 15) is 13.6 Å². The lowest BCUT2D eigenvalue weighted by Crippen LogP contribution is -2.35. The van der Waals surface area contributed by atoms with Crippen LogP contribution in [0.2, 0.25) is 0 Å². The molecule has 25 heavy (non-hydrogen) atoms. The summed E-state index contributed by atoms with van der Waals surface area (Å²) in [6.07, 6.45) is 0.0461. The minimum Gasteiger partial charge on any atom is -0.367 e. The first-order chi connectivity index (χ1) is 12.0. The summed E-state index contributed by atoms with van der Waals surface area (Å²) < 4.78 is 27.8. The number of amides is 1. The fourth-order valence-corrected chi connectivity index (χ4v) is 3.56. The fraction of sp³-hybridized carbons (Fsp3) is 0.444. The van der Waals surface area contributed by atoms with Gasteiger partial charge in [-0.3, -0.25) is 4.79 Å². The van der Waals surface area contributed by atoms with E-state index in [2.05, 4.69) is 27.9 Å². The third kappa shape index (κ3) is 2.99. The molecule has 1 amide bonds. The van der Waals surface area contributed by atoms with Crippen molar-refractivity contribution >= 4 is 11.7 Å². The Morgan fingerprint density at radius 1 is 1.32 bits per heavy atom. The summed E-state index contributed by atoms with van der Waals surface area (Å²) in [5, 5.41) is 10.1. The molecule has 0 saturated heterocycles. The molecule has 1 saturated carbocycles. The first-order valence-electron chi connectivity index (χ1n) is 8.52. The molecule has 1 aromatic carbocycles. The van der Waals surface area contributed by atoms with E-state index in [4.69, 9.17) is 0 Å². The zero-order chi connectivity index (χ0) is 17.6. The number of anilines is 1. The van der Waals surface area contributed by atoms with Crippen LogP contribution in [0.1, 0.15) is 47.6 Å². The van der Waals surface area contributed by atoms with Crippen molar-refractivity contribution in [3.8, 4) is 0 Å². The summed E-state index contributed by atoms with van der Waals surface area (Å²) in [5.41, 5.74) is 1.53. The quantitative estimate of drug-likeness (QED) is 0.894. The van der Waals surface area contributed by atoms with Gasteiger partial charge in [-0.05, 0) is 25.3 Å². The van der Waals surface area contributed by atoms with Gasteiger partial charge in [0.05, 0.1) is 6.20 Å². The van der Waals surface area contributed by atoms with E-state index >= 15 is 0 Å². The van der Waals surface area contributed by atoms with Crippen molar-refractivity contribution < 1.29 is 13.6 Å². The second-order valence-electron chi connectivity index (χ2n) is 6.87. The molecule has 0 unspecified atom stereocenters. The van der Waals surface area contributed by atoms with Crippen molar-refractivity contribution in [2.45, 2.75) is 50.2 Å². The number of nitrogens with one attached hydrogen (secondary N) is 2. The van der Waals surface area contributed by atoms with E-state index in [-0.39, 0.29) is 24.4 Å². The number of halogens is 2. The summed E-state index contributed by atoms with van der Waals surface area (Å²) in [6, 6.07) is 8.98. The highest BCUT2D eigenvalue weighted by Gasteiger charge is 2.41. The van der Waals surface area contributed by atoms with Crippen LogP contribution in [0.15, 0.2) is 36.5 Å². The number of hydrogen-bond acceptors (Lipinski definition) is 3. The zero-order valence-corrected chi connectivity index (χ0v) is 13.8. The number of aromatic nitrogens is 2. The van der Waals surface area contributed by atoms with Crippen LogP contribution in [0.3, 0.4) is 0 Å². The van der Waals surface area contributed by atoms with Crippen molar-refractivity contribution in [3.63, 3.8) is 0 Å². The number of alkyl halides is 2. The van der Waals surface area contributed by atoms with Crippen molar-refractivity contribution in [3.05, 3.63) is 47.7 Å². The lowest BCUT2D eigenvalue weighted by Gasteiger charge is -2.30. The summed E-state index contributed by atoms with van der Waals surface area (Å²) in [7, 11) is 0. The molecule has 2 aromatic rings. The molecule has 0 bridgehead atoms. The minimum atomic E-state index is -2.51. The molecule has 1 aliphatic heterocycles. The SMILES string of the molecule is C[C@@H]1C[C@H](C(F)F)n2ncc(C(=O)N[C@@H]3C[C@H]3c3ccccc3)c2N1. The second kappa shape index (κ2) is 6.13. The highest BCUT2D eigenvalue weighted by atomic mass is 19.3. The summed E-state index contributed by atoms with van der Waals surface area (Å²) in [6.45, 7) is 1.83. The first-order valence-corrected chi connectivity index (χ1v) is 8.52. The van der Waals surface area contributed by atoms with Crippen LogP contribution in [-0.2, 0) is 0 Å². The second-order valence-corrected chi connectivity index (χ2v) is 6.87. The van der Waals surface area contributed by atoms with E-state index in [1.54, 1.807) is 0 Å². The van der Waals surface area contributed by atoms with Crippen LogP contribution >= 0.6 is 0 Å². The highest BCUT2D eigenvalue weighted by Crippen LogP contribution is 2.41. The zero-order valence-electron chi connectivity index (χ0n) is 13.8. The minimum absolute atomic E-state index is 0.0809. The van der Waals surface area contributed by atoms with E-state index in [0.29, 0.717) is 17.3 Å². The van der Waals surface area contributed by atoms with Crippen LogP contribution < -0.4 is 10.6 Å². The summed E-state index contributed by atoms with van der Waals surface area (Å²) >= 11 is 0. The van der Waals surface area contributed by atoms with Crippen LogP contribution in [0.5, 0.6) is 0 Å². The van der Waals surface area contributed by atoms with Gasteiger partial charge < -0.3 is 10.6 Å². The molecule has 4 rings (SSSR count). The van der Waals surface area contributed by atoms with Gasteiger partial charge in [-0.25, -0.2) is 13.5 Å². The van der Waals surface area contributed by atoms with Crippen LogP contribution in [0.25, 0.3) is 0 Å². The Morgan fingerprint density at radius 3 is 2.80 bits per heavy atom. The summed E-state index contributed by atoms with van der Waals surface area (Å²) in [5.74, 6) is 0.440. The number of nitrogens with zero attached hydrogens (tertiary/aromatic N) is 2. The van der Waals surface area contributed by atoms with Crippen LogP contribution in [0.4, 0.5) is 14.6 Å². The van der Waals surface area contributed by atoms with Gasteiger partial charge in [0.2, 0.25) is 0 Å². The van der Waals surface area contributed by atoms with Gasteiger partial charge >= 0.3 is 0 Å². The largest absolute Gasteiger partial charge is 0.367 e. The topological polar surface area (TPSA) is 59.0 Å². The number of benzene rings is 1.